The van der Waals surface area contributed by atoms with Crippen molar-refractivity contribution in [2.24, 2.45) is 0 Å². The van der Waals surface area contributed by atoms with E-state index in [2.05, 4.69) is 0 Å². The number of phenolic OH excluding ortho intramolecular Hbond substituents is 3. The van der Waals surface area contributed by atoms with Crippen LogP contribution in [0.25, 0.3) is 6.08 Å². The van der Waals surface area contributed by atoms with Gasteiger partial charge in [-0.2, -0.15) is 0 Å². The number of methoxy groups -OCH3 is 4. The number of fused-ring (bicyclic) bond motifs is 1. The minimum absolute atomic E-state index is 0.0103. The van der Waals surface area contributed by atoms with E-state index in [0.717, 1.165) is 5.56 Å². The number of rotatable bonds is 17. The Labute approximate surface area is 311 Å². The van der Waals surface area contributed by atoms with E-state index in [9.17, 15) is 35.4 Å². The molecule has 0 bridgehead atoms. The zero-order valence-corrected chi connectivity index (χ0v) is 30.2. The Hall–Kier alpha value is -5.83. The Balaban J connectivity index is 1.28. The summed E-state index contributed by atoms with van der Waals surface area (Å²) in [7, 11) is 5.63. The lowest BCUT2D eigenvalue weighted by Gasteiger charge is -2.26. The normalized spacial score (nSPS) is 15.9. The van der Waals surface area contributed by atoms with Gasteiger partial charge in [0.25, 0.3) is 0 Å². The molecule has 6 N–H and O–H groups in total. The van der Waals surface area contributed by atoms with Gasteiger partial charge in [-0.05, 0) is 78.1 Å². The minimum atomic E-state index is -1.34. The maximum absolute atomic E-state index is 12.3. The van der Waals surface area contributed by atoms with Crippen LogP contribution in [0.5, 0.6) is 51.7 Å². The summed E-state index contributed by atoms with van der Waals surface area (Å²) in [5.41, 5.74) is 2.84. The summed E-state index contributed by atoms with van der Waals surface area (Å²) in [5, 5.41) is 62.5. The number of hydrogen-bond donors (Lipinski definition) is 6. The average molecular weight is 749 g/mol. The van der Waals surface area contributed by atoms with Crippen molar-refractivity contribution in [3.8, 4) is 51.7 Å². The van der Waals surface area contributed by atoms with E-state index < -0.39 is 36.8 Å². The van der Waals surface area contributed by atoms with E-state index in [1.165, 1.54) is 58.8 Å². The third kappa shape index (κ3) is 8.68. The average Bonchev–Trinajstić information content (AvgIpc) is 3.57. The number of aliphatic hydroxyl groups is 3. The molecule has 1 aliphatic rings. The first-order valence-electron chi connectivity index (χ1n) is 17.0. The summed E-state index contributed by atoms with van der Waals surface area (Å²) in [6.07, 6.45) is 0.448. The molecule has 288 valence electrons. The fourth-order valence-electron chi connectivity index (χ4n) is 6.20. The number of phenols is 3. The predicted octanol–water partition coefficient (Wildman–Crippen LogP) is 4.71. The molecule has 1 aliphatic heterocycles. The molecule has 4 atom stereocenters. The van der Waals surface area contributed by atoms with Crippen LogP contribution in [0.4, 0.5) is 0 Å². The van der Waals surface area contributed by atoms with Gasteiger partial charge in [0.1, 0.15) is 12.2 Å². The standard InChI is InChI=1S/C40H44O14/c1-48-31-16-22(7-10-28(31)43)8-12-36(46)52-13-5-6-23-14-26-27(20-41)38(54-39(26)30(45)15-23)25-18-33(50-3)40(34(19-25)51-4)53-35(21-42)37(47)24-9-11-29(44)32(17-24)49-2/h7-12,14-19,27,35,37-38,41-45,47H,5-6,13,20-21H2,1-4H3/b12-8+. The van der Waals surface area contributed by atoms with Gasteiger partial charge in [-0.25, -0.2) is 4.79 Å². The highest BCUT2D eigenvalue weighted by atomic mass is 16.6. The fraction of sp³-hybridized carbons (Fsp3) is 0.325. The highest BCUT2D eigenvalue weighted by molar-refractivity contribution is 5.87. The molecule has 4 aromatic rings. The number of hydrogen-bond acceptors (Lipinski definition) is 14. The van der Waals surface area contributed by atoms with Gasteiger partial charge in [-0.15, -0.1) is 0 Å². The van der Waals surface area contributed by atoms with Crippen LogP contribution in [-0.2, 0) is 16.0 Å². The van der Waals surface area contributed by atoms with Crippen LogP contribution in [0.1, 0.15) is 52.4 Å². The fourth-order valence-corrected chi connectivity index (χ4v) is 6.20. The lowest BCUT2D eigenvalue weighted by molar-refractivity contribution is -0.137. The van der Waals surface area contributed by atoms with Crippen molar-refractivity contribution < 1.29 is 68.6 Å². The predicted molar refractivity (Wildman–Crippen MR) is 195 cm³/mol. The second-order valence-electron chi connectivity index (χ2n) is 12.4. The highest BCUT2D eigenvalue weighted by Gasteiger charge is 2.39. The minimum Gasteiger partial charge on any atom is -0.504 e. The van der Waals surface area contributed by atoms with E-state index in [-0.39, 0.29) is 65.0 Å². The van der Waals surface area contributed by atoms with E-state index in [0.29, 0.717) is 35.1 Å². The van der Waals surface area contributed by atoms with Gasteiger partial charge >= 0.3 is 5.97 Å². The van der Waals surface area contributed by atoms with Crippen LogP contribution in [0.15, 0.2) is 66.7 Å². The van der Waals surface area contributed by atoms with Crippen molar-refractivity contribution >= 4 is 12.0 Å². The summed E-state index contributed by atoms with van der Waals surface area (Å²) in [4.78, 5) is 12.3. The number of aliphatic hydroxyl groups excluding tert-OH is 3. The third-order valence-electron chi connectivity index (χ3n) is 8.99. The zero-order chi connectivity index (χ0) is 38.9. The van der Waals surface area contributed by atoms with Gasteiger partial charge in [0.2, 0.25) is 5.75 Å². The number of aromatic hydroxyl groups is 3. The van der Waals surface area contributed by atoms with Crippen LogP contribution < -0.4 is 28.4 Å². The molecule has 14 nitrogen and oxygen atoms in total. The molecule has 0 amide bonds. The van der Waals surface area contributed by atoms with Crippen molar-refractivity contribution in [2.75, 3.05) is 48.3 Å². The first kappa shape index (κ1) is 39.4. The second kappa shape index (κ2) is 17.8. The number of esters is 1. The summed E-state index contributed by atoms with van der Waals surface area (Å²) in [6.45, 7) is -0.798. The van der Waals surface area contributed by atoms with Crippen molar-refractivity contribution in [3.05, 3.63) is 94.6 Å². The number of aryl methyl sites for hydroxylation is 1. The molecule has 0 saturated heterocycles. The van der Waals surface area contributed by atoms with Crippen molar-refractivity contribution in [1.82, 2.24) is 0 Å². The van der Waals surface area contributed by atoms with Gasteiger partial charge in [-0.3, -0.25) is 0 Å². The first-order valence-corrected chi connectivity index (χ1v) is 17.0. The monoisotopic (exact) mass is 748 g/mol. The SMILES string of the molecule is COc1cc(/C=C/C(=O)OCCCc2cc(O)c3c(c2)C(CO)C(c2cc(OC)c(OC(CO)C(O)c4ccc(O)c(OC)c4)c(OC)c2)O3)ccc1O. The number of ether oxygens (including phenoxy) is 7. The Kier molecular flexibility index (Phi) is 13.0. The molecule has 1 heterocycles. The quantitative estimate of drug-likeness (QED) is 0.0492. The molecule has 14 heteroatoms. The van der Waals surface area contributed by atoms with Gasteiger partial charge in [0.05, 0.1) is 54.2 Å². The zero-order valence-electron chi connectivity index (χ0n) is 30.2. The van der Waals surface area contributed by atoms with Crippen LogP contribution in [0, 0.1) is 0 Å². The summed E-state index contributed by atoms with van der Waals surface area (Å²) in [5.74, 6) is -0.278. The number of carbonyl (C=O) groups is 1. The molecule has 5 rings (SSSR count). The Morgan fingerprint density at radius 2 is 1.46 bits per heavy atom. The maximum atomic E-state index is 12.3. The molecule has 4 unspecified atom stereocenters. The molecule has 4 aromatic carbocycles. The van der Waals surface area contributed by atoms with E-state index in [1.54, 1.807) is 36.4 Å². The van der Waals surface area contributed by atoms with Crippen LogP contribution in [0.3, 0.4) is 0 Å². The van der Waals surface area contributed by atoms with Gasteiger partial charge in [0, 0.05) is 17.2 Å². The number of benzene rings is 4. The Bertz CT molecular complexity index is 1930. The van der Waals surface area contributed by atoms with Gasteiger partial charge in [-0.1, -0.05) is 18.2 Å². The summed E-state index contributed by atoms with van der Waals surface area (Å²) >= 11 is 0. The van der Waals surface area contributed by atoms with Crippen molar-refractivity contribution in [2.45, 2.75) is 37.1 Å². The molecular weight excluding hydrogens is 704 g/mol. The van der Waals surface area contributed by atoms with Gasteiger partial charge in [0.15, 0.2) is 52.1 Å². The van der Waals surface area contributed by atoms with E-state index >= 15 is 0 Å². The summed E-state index contributed by atoms with van der Waals surface area (Å²) < 4.78 is 39.1. The molecule has 54 heavy (non-hydrogen) atoms. The van der Waals surface area contributed by atoms with Gasteiger partial charge < -0.3 is 63.8 Å². The molecule has 0 aromatic heterocycles. The van der Waals surface area contributed by atoms with E-state index in [1.807, 2.05) is 6.07 Å². The van der Waals surface area contributed by atoms with Crippen LogP contribution in [0.2, 0.25) is 0 Å². The summed E-state index contributed by atoms with van der Waals surface area (Å²) in [6, 6.07) is 15.6. The third-order valence-corrected chi connectivity index (χ3v) is 8.99. The topological polar surface area (TPSA) is 203 Å². The molecule has 0 saturated carbocycles. The second-order valence-corrected chi connectivity index (χ2v) is 12.4. The first-order chi connectivity index (χ1) is 26.0. The maximum Gasteiger partial charge on any atom is 0.330 e. The molecule has 0 fully saturated rings. The lowest BCUT2D eigenvalue weighted by Crippen LogP contribution is -2.29. The molecular formula is C40H44O14. The Morgan fingerprint density at radius 3 is 2.09 bits per heavy atom. The van der Waals surface area contributed by atoms with Crippen molar-refractivity contribution in [3.63, 3.8) is 0 Å². The number of carbonyl (C=O) groups excluding carboxylic acids is 1. The molecule has 0 radical (unpaired) electrons. The lowest BCUT2D eigenvalue weighted by atomic mass is 9.90. The molecule has 0 spiro atoms. The smallest absolute Gasteiger partial charge is 0.330 e. The Morgan fingerprint density at radius 1 is 0.815 bits per heavy atom. The molecule has 0 aliphatic carbocycles. The van der Waals surface area contributed by atoms with Crippen LogP contribution in [-0.4, -0.2) is 91.0 Å². The van der Waals surface area contributed by atoms with E-state index in [4.69, 9.17) is 33.2 Å². The van der Waals surface area contributed by atoms with Crippen molar-refractivity contribution in [1.29, 1.82) is 0 Å². The van der Waals surface area contributed by atoms with Crippen LogP contribution >= 0.6 is 0 Å². The highest BCUT2D eigenvalue weighted by Crippen LogP contribution is 2.52. The largest absolute Gasteiger partial charge is 0.504 e.